The summed E-state index contributed by atoms with van der Waals surface area (Å²) in [6.45, 7) is 6.19. The topological polar surface area (TPSA) is 51.8 Å². The van der Waals surface area contributed by atoms with Crippen LogP contribution in [0.25, 0.3) is 0 Å². The van der Waals surface area contributed by atoms with Gasteiger partial charge in [0, 0.05) is 30.9 Å². The van der Waals surface area contributed by atoms with E-state index < -0.39 is 0 Å². The quantitative estimate of drug-likeness (QED) is 0.660. The molecule has 3 aromatic rings. The van der Waals surface area contributed by atoms with Crippen molar-refractivity contribution < 1.29 is 0 Å². The van der Waals surface area contributed by atoms with Gasteiger partial charge in [-0.2, -0.15) is 5.10 Å². The van der Waals surface area contributed by atoms with E-state index in [4.69, 9.17) is 0 Å². The Morgan fingerprint density at radius 2 is 1.86 bits per heavy atom. The number of hydrogen-bond acceptors (Lipinski definition) is 4. The smallest absolute Gasteiger partial charge is 0.155 e. The maximum absolute atomic E-state index is 4.66. The van der Waals surface area contributed by atoms with Crippen LogP contribution in [0.1, 0.15) is 60.4 Å². The van der Waals surface area contributed by atoms with Crippen LogP contribution < -0.4 is 0 Å². The minimum atomic E-state index is 0.522. The van der Waals surface area contributed by atoms with Gasteiger partial charge in [0.2, 0.25) is 0 Å². The second-order valence-electron chi connectivity index (χ2n) is 8.32. The lowest BCUT2D eigenvalue weighted by molar-refractivity contribution is 0.200. The summed E-state index contributed by atoms with van der Waals surface area (Å²) in [5, 5.41) is 13.6. The van der Waals surface area contributed by atoms with Gasteiger partial charge in [-0.15, -0.1) is 10.2 Å². The summed E-state index contributed by atoms with van der Waals surface area (Å²) in [5.41, 5.74) is 2.76. The third-order valence-corrected chi connectivity index (χ3v) is 6.01. The second kappa shape index (κ2) is 7.51. The fraction of sp³-hybridized carbons (Fsp3) is 0.500. The Labute approximate surface area is 166 Å². The maximum Gasteiger partial charge on any atom is 0.155 e. The van der Waals surface area contributed by atoms with E-state index in [0.29, 0.717) is 18.5 Å². The predicted molar refractivity (Wildman–Crippen MR) is 108 cm³/mol. The van der Waals surface area contributed by atoms with Crippen LogP contribution in [0.5, 0.6) is 0 Å². The average Bonchev–Trinajstić information content (AvgIpc) is 3.24. The molecule has 0 atom stereocenters. The Balaban J connectivity index is 1.27. The van der Waals surface area contributed by atoms with Gasteiger partial charge >= 0.3 is 0 Å². The van der Waals surface area contributed by atoms with Crippen LogP contribution >= 0.6 is 0 Å². The van der Waals surface area contributed by atoms with Gasteiger partial charge in [0.05, 0.1) is 0 Å². The lowest BCUT2D eigenvalue weighted by Crippen LogP contribution is -2.33. The zero-order valence-electron chi connectivity index (χ0n) is 16.5. The molecule has 0 radical (unpaired) electrons. The molecule has 0 N–H and O–H groups in total. The Morgan fingerprint density at radius 1 is 1.00 bits per heavy atom. The minimum Gasteiger partial charge on any atom is -0.310 e. The summed E-state index contributed by atoms with van der Waals surface area (Å²) in [7, 11) is 0. The Hall–Kier alpha value is -2.47. The molecule has 2 aromatic heterocycles. The van der Waals surface area contributed by atoms with Crippen molar-refractivity contribution >= 4 is 0 Å². The molecular weight excluding hydrogens is 348 g/mol. The molecule has 5 rings (SSSR count). The van der Waals surface area contributed by atoms with E-state index in [-0.39, 0.29) is 0 Å². The number of aromatic nitrogens is 5. The van der Waals surface area contributed by atoms with E-state index in [1.807, 2.05) is 23.1 Å². The first-order chi connectivity index (χ1) is 13.8. The molecule has 6 nitrogen and oxygen atoms in total. The number of hydrogen-bond donors (Lipinski definition) is 0. The van der Waals surface area contributed by atoms with Gasteiger partial charge in [-0.05, 0) is 57.3 Å². The molecule has 6 heteroatoms. The number of likely N-dealkylation sites (tertiary alicyclic amines) is 1. The van der Waals surface area contributed by atoms with Crippen LogP contribution in [-0.4, -0.2) is 42.5 Å². The van der Waals surface area contributed by atoms with Crippen molar-refractivity contribution in [3.63, 3.8) is 0 Å². The van der Waals surface area contributed by atoms with Crippen molar-refractivity contribution in [2.24, 2.45) is 0 Å². The Morgan fingerprint density at radius 3 is 2.57 bits per heavy atom. The van der Waals surface area contributed by atoms with E-state index in [9.17, 15) is 0 Å². The zero-order chi connectivity index (χ0) is 18.9. The highest BCUT2D eigenvalue weighted by atomic mass is 15.3. The predicted octanol–water partition coefficient (Wildman–Crippen LogP) is 3.55. The number of piperidine rings is 1. The third kappa shape index (κ3) is 3.74. The fourth-order valence-corrected chi connectivity index (χ4v) is 4.41. The maximum atomic E-state index is 4.66. The largest absolute Gasteiger partial charge is 0.310 e. The molecule has 3 heterocycles. The van der Waals surface area contributed by atoms with Gasteiger partial charge in [-0.3, -0.25) is 9.58 Å². The first-order valence-corrected chi connectivity index (χ1v) is 10.5. The van der Waals surface area contributed by atoms with Crippen LogP contribution in [0, 0.1) is 6.92 Å². The number of nitrogens with zero attached hydrogens (tertiary/aromatic N) is 6. The summed E-state index contributed by atoms with van der Waals surface area (Å²) in [6.07, 6.45) is 8.65. The molecule has 2 aliphatic rings. The van der Waals surface area contributed by atoms with Gasteiger partial charge in [0.25, 0.3) is 0 Å². The normalized spacial score (nSPS) is 18.6. The molecular formula is C22H28N6. The Bertz CT molecular complexity index is 916. The molecule has 1 aliphatic heterocycles. The SMILES string of the molecule is Cc1cccc(CN2CCC(c3nnc(Cn4cccn4)n3C3CC3)CC2)c1. The van der Waals surface area contributed by atoms with Crippen molar-refractivity contribution in [2.45, 2.75) is 57.7 Å². The van der Waals surface area contributed by atoms with Gasteiger partial charge in [0.1, 0.15) is 12.4 Å². The van der Waals surface area contributed by atoms with E-state index in [2.05, 4.69) is 56.0 Å². The molecule has 0 bridgehead atoms. The molecule has 0 spiro atoms. The van der Waals surface area contributed by atoms with E-state index in [0.717, 1.165) is 25.5 Å². The monoisotopic (exact) mass is 376 g/mol. The number of rotatable bonds is 6. The van der Waals surface area contributed by atoms with Crippen LogP contribution in [0.15, 0.2) is 42.7 Å². The van der Waals surface area contributed by atoms with Crippen LogP contribution in [-0.2, 0) is 13.1 Å². The Kier molecular flexibility index (Phi) is 4.72. The molecule has 1 aliphatic carbocycles. The minimum absolute atomic E-state index is 0.522. The van der Waals surface area contributed by atoms with Gasteiger partial charge in [-0.1, -0.05) is 29.8 Å². The van der Waals surface area contributed by atoms with E-state index >= 15 is 0 Å². The fourth-order valence-electron chi connectivity index (χ4n) is 4.41. The highest BCUT2D eigenvalue weighted by molar-refractivity contribution is 5.22. The van der Waals surface area contributed by atoms with Crippen LogP contribution in [0.2, 0.25) is 0 Å². The third-order valence-electron chi connectivity index (χ3n) is 6.01. The van der Waals surface area contributed by atoms with E-state index in [1.165, 1.54) is 42.6 Å². The van der Waals surface area contributed by atoms with Crippen LogP contribution in [0.4, 0.5) is 0 Å². The van der Waals surface area contributed by atoms with Crippen molar-refractivity contribution in [2.75, 3.05) is 13.1 Å². The first kappa shape index (κ1) is 17.6. The number of aryl methyl sites for hydroxylation is 1. The summed E-state index contributed by atoms with van der Waals surface area (Å²) >= 11 is 0. The molecule has 146 valence electrons. The highest BCUT2D eigenvalue weighted by Crippen LogP contribution is 2.40. The lowest BCUT2D eigenvalue weighted by atomic mass is 9.95. The summed E-state index contributed by atoms with van der Waals surface area (Å²) in [6, 6.07) is 11.4. The van der Waals surface area contributed by atoms with Crippen molar-refractivity contribution in [1.82, 2.24) is 29.4 Å². The molecule has 1 aromatic carbocycles. The molecule has 0 amide bonds. The van der Waals surface area contributed by atoms with Crippen LogP contribution in [0.3, 0.4) is 0 Å². The molecule has 1 saturated heterocycles. The lowest BCUT2D eigenvalue weighted by Gasteiger charge is -2.31. The molecule has 2 fully saturated rings. The first-order valence-electron chi connectivity index (χ1n) is 10.5. The van der Waals surface area contributed by atoms with Crippen molar-refractivity contribution in [1.29, 1.82) is 0 Å². The standard InChI is InChI=1S/C22H28N6/c1-17-4-2-5-18(14-17)15-26-12-8-19(9-13-26)22-25-24-21(28(22)20-6-7-20)16-27-11-3-10-23-27/h2-5,10-11,14,19-20H,6-9,12-13,15-16H2,1H3. The molecule has 1 saturated carbocycles. The van der Waals surface area contributed by atoms with Gasteiger partial charge in [-0.25, -0.2) is 0 Å². The summed E-state index contributed by atoms with van der Waals surface area (Å²) in [4.78, 5) is 2.58. The van der Waals surface area contributed by atoms with E-state index in [1.54, 1.807) is 0 Å². The summed E-state index contributed by atoms with van der Waals surface area (Å²) < 4.78 is 4.37. The second-order valence-corrected chi connectivity index (χ2v) is 8.32. The molecule has 0 unspecified atom stereocenters. The summed E-state index contributed by atoms with van der Waals surface area (Å²) in [5.74, 6) is 2.79. The zero-order valence-corrected chi connectivity index (χ0v) is 16.5. The van der Waals surface area contributed by atoms with Crippen molar-refractivity contribution in [3.8, 4) is 0 Å². The highest BCUT2D eigenvalue weighted by Gasteiger charge is 2.33. The van der Waals surface area contributed by atoms with Crippen molar-refractivity contribution in [3.05, 3.63) is 65.5 Å². The van der Waals surface area contributed by atoms with Gasteiger partial charge < -0.3 is 4.57 Å². The molecule has 28 heavy (non-hydrogen) atoms. The van der Waals surface area contributed by atoms with Gasteiger partial charge in [0.15, 0.2) is 5.82 Å². The number of benzene rings is 1. The average molecular weight is 377 g/mol.